The van der Waals surface area contributed by atoms with Crippen molar-refractivity contribution in [2.75, 3.05) is 0 Å². The molecular weight excluding hydrogens is 319 g/mol. The van der Waals surface area contributed by atoms with Crippen LogP contribution in [0.1, 0.15) is 35.3 Å². The first kappa shape index (κ1) is 17.3. The van der Waals surface area contributed by atoms with E-state index in [1.54, 1.807) is 18.3 Å². The number of nitrogens with zero attached hydrogens (tertiary/aromatic N) is 3. The molecule has 2 N–H and O–H groups in total. The van der Waals surface area contributed by atoms with Crippen LogP contribution in [0.3, 0.4) is 0 Å². The molecule has 0 saturated heterocycles. The lowest BCUT2D eigenvalue weighted by Crippen LogP contribution is -2.19. The second-order valence-electron chi connectivity index (χ2n) is 5.97. The summed E-state index contributed by atoms with van der Waals surface area (Å²) in [5.41, 5.74) is 3.34. The second-order valence-corrected chi connectivity index (χ2v) is 5.97. The highest BCUT2D eigenvalue weighted by atomic mass is 19.1. The second kappa shape index (κ2) is 7.55. The molecule has 0 aliphatic heterocycles. The highest BCUT2D eigenvalue weighted by Gasteiger charge is 2.14. The lowest BCUT2D eigenvalue weighted by atomic mass is 10.1. The van der Waals surface area contributed by atoms with Crippen LogP contribution in [0.2, 0.25) is 0 Å². The van der Waals surface area contributed by atoms with E-state index in [0.717, 1.165) is 22.6 Å². The standard InChI is InChI=1S/C19H21FN4O/c1-13(22-10-15-6-7-18(20)16(9-15)12-25)17-11-23-24(14(17)2)19-5-3-4-8-21-19/h3-9,11,13,22,25H,10,12H2,1-2H3. The maximum atomic E-state index is 13.5. The molecule has 5 nitrogen and oxygen atoms in total. The van der Waals surface area contributed by atoms with Crippen molar-refractivity contribution in [1.82, 2.24) is 20.1 Å². The van der Waals surface area contributed by atoms with Crippen molar-refractivity contribution in [1.29, 1.82) is 0 Å². The summed E-state index contributed by atoms with van der Waals surface area (Å²) in [4.78, 5) is 4.32. The maximum Gasteiger partial charge on any atom is 0.153 e. The lowest BCUT2D eigenvalue weighted by Gasteiger charge is -2.14. The van der Waals surface area contributed by atoms with E-state index in [1.807, 2.05) is 36.0 Å². The van der Waals surface area contributed by atoms with Gasteiger partial charge in [-0.05, 0) is 43.7 Å². The van der Waals surface area contributed by atoms with Gasteiger partial charge in [0, 0.05) is 35.6 Å². The molecule has 25 heavy (non-hydrogen) atoms. The van der Waals surface area contributed by atoms with E-state index in [-0.39, 0.29) is 18.5 Å². The fourth-order valence-corrected chi connectivity index (χ4v) is 2.80. The van der Waals surface area contributed by atoms with Crippen LogP contribution in [0.25, 0.3) is 5.82 Å². The third-order valence-corrected chi connectivity index (χ3v) is 4.27. The quantitative estimate of drug-likeness (QED) is 0.724. The first-order chi connectivity index (χ1) is 12.1. The predicted molar refractivity (Wildman–Crippen MR) is 93.7 cm³/mol. The summed E-state index contributed by atoms with van der Waals surface area (Å²) in [6.45, 7) is 4.34. The fraction of sp³-hybridized carbons (Fsp3) is 0.263. The Bertz CT molecular complexity index is 848. The molecule has 0 bridgehead atoms. The Morgan fingerprint density at radius 2 is 2.12 bits per heavy atom. The van der Waals surface area contributed by atoms with Crippen LogP contribution in [0.5, 0.6) is 0 Å². The number of halogens is 1. The molecule has 0 aliphatic carbocycles. The van der Waals surface area contributed by atoms with Gasteiger partial charge >= 0.3 is 0 Å². The largest absolute Gasteiger partial charge is 0.392 e. The van der Waals surface area contributed by atoms with Crippen molar-refractivity contribution in [3.05, 3.63) is 77.0 Å². The van der Waals surface area contributed by atoms with Gasteiger partial charge in [-0.15, -0.1) is 0 Å². The van der Waals surface area contributed by atoms with Crippen LogP contribution < -0.4 is 5.32 Å². The van der Waals surface area contributed by atoms with Gasteiger partial charge in [-0.3, -0.25) is 0 Å². The van der Waals surface area contributed by atoms with Gasteiger partial charge < -0.3 is 10.4 Å². The van der Waals surface area contributed by atoms with Crippen LogP contribution >= 0.6 is 0 Å². The molecule has 0 saturated carbocycles. The zero-order valence-corrected chi connectivity index (χ0v) is 14.3. The number of hydrogen-bond donors (Lipinski definition) is 2. The normalized spacial score (nSPS) is 12.3. The molecule has 1 atom stereocenters. The first-order valence-corrected chi connectivity index (χ1v) is 8.17. The molecule has 2 heterocycles. The van der Waals surface area contributed by atoms with E-state index in [4.69, 9.17) is 5.11 Å². The molecule has 0 radical (unpaired) electrons. The van der Waals surface area contributed by atoms with Gasteiger partial charge in [0.2, 0.25) is 0 Å². The van der Waals surface area contributed by atoms with E-state index in [1.165, 1.54) is 6.07 Å². The van der Waals surface area contributed by atoms with E-state index >= 15 is 0 Å². The topological polar surface area (TPSA) is 63.0 Å². The molecule has 2 aromatic heterocycles. The molecule has 130 valence electrons. The van der Waals surface area contributed by atoms with Crippen molar-refractivity contribution < 1.29 is 9.50 Å². The van der Waals surface area contributed by atoms with Crippen LogP contribution in [0.15, 0.2) is 48.8 Å². The highest BCUT2D eigenvalue weighted by molar-refractivity contribution is 5.30. The van der Waals surface area contributed by atoms with Crippen molar-refractivity contribution in [2.45, 2.75) is 33.0 Å². The predicted octanol–water partition coefficient (Wildman–Crippen LogP) is 3.06. The van der Waals surface area contributed by atoms with Gasteiger partial charge in [0.05, 0.1) is 12.8 Å². The van der Waals surface area contributed by atoms with Gasteiger partial charge in [-0.1, -0.05) is 12.1 Å². The number of pyridine rings is 1. The minimum absolute atomic E-state index is 0.0695. The molecule has 0 fully saturated rings. The number of aromatic nitrogens is 3. The van der Waals surface area contributed by atoms with E-state index < -0.39 is 0 Å². The summed E-state index contributed by atoms with van der Waals surface area (Å²) in [6, 6.07) is 10.6. The Balaban J connectivity index is 1.72. The molecule has 3 aromatic rings. The number of aliphatic hydroxyl groups excluding tert-OH is 1. The van der Waals surface area contributed by atoms with Crippen LogP contribution in [0, 0.1) is 12.7 Å². The molecule has 1 aromatic carbocycles. The van der Waals surface area contributed by atoms with Crippen molar-refractivity contribution >= 4 is 0 Å². The molecule has 0 spiro atoms. The zero-order valence-electron chi connectivity index (χ0n) is 14.3. The zero-order chi connectivity index (χ0) is 17.8. The van der Waals surface area contributed by atoms with Crippen molar-refractivity contribution in [3.63, 3.8) is 0 Å². The lowest BCUT2D eigenvalue weighted by molar-refractivity contribution is 0.275. The molecule has 0 aliphatic rings. The summed E-state index contributed by atoms with van der Waals surface area (Å²) in [5, 5.41) is 17.0. The van der Waals surface area contributed by atoms with Crippen LogP contribution in [0.4, 0.5) is 4.39 Å². The average molecular weight is 340 g/mol. The summed E-state index contributed by atoms with van der Waals surface area (Å²) in [7, 11) is 0. The first-order valence-electron chi connectivity index (χ1n) is 8.17. The van der Waals surface area contributed by atoms with E-state index in [9.17, 15) is 4.39 Å². The molecular formula is C19H21FN4O. The Morgan fingerprint density at radius 3 is 2.84 bits per heavy atom. The van der Waals surface area contributed by atoms with Crippen LogP contribution in [-0.4, -0.2) is 19.9 Å². The Labute approximate surface area is 146 Å². The van der Waals surface area contributed by atoms with Crippen molar-refractivity contribution in [3.8, 4) is 5.82 Å². The molecule has 0 amide bonds. The minimum atomic E-state index is -0.383. The van der Waals surface area contributed by atoms with Gasteiger partial charge in [0.15, 0.2) is 5.82 Å². The van der Waals surface area contributed by atoms with Gasteiger partial charge in [0.25, 0.3) is 0 Å². The SMILES string of the molecule is Cc1c(C(C)NCc2ccc(F)c(CO)c2)cnn1-c1ccccn1. The summed E-state index contributed by atoms with van der Waals surface area (Å²) in [6.07, 6.45) is 3.58. The van der Waals surface area contributed by atoms with Gasteiger partial charge in [-0.25, -0.2) is 14.1 Å². The molecule has 1 unspecified atom stereocenters. The fourth-order valence-electron chi connectivity index (χ4n) is 2.80. The monoisotopic (exact) mass is 340 g/mol. The van der Waals surface area contributed by atoms with E-state index in [2.05, 4.69) is 22.3 Å². The van der Waals surface area contributed by atoms with Crippen LogP contribution in [-0.2, 0) is 13.2 Å². The number of hydrogen-bond acceptors (Lipinski definition) is 4. The highest BCUT2D eigenvalue weighted by Crippen LogP contribution is 2.20. The van der Waals surface area contributed by atoms with Gasteiger partial charge in [0.1, 0.15) is 5.82 Å². The number of rotatable bonds is 6. The third-order valence-electron chi connectivity index (χ3n) is 4.27. The average Bonchev–Trinajstić information content (AvgIpc) is 3.03. The summed E-state index contributed by atoms with van der Waals surface area (Å²) < 4.78 is 15.3. The third kappa shape index (κ3) is 3.75. The van der Waals surface area contributed by atoms with Crippen molar-refractivity contribution in [2.24, 2.45) is 0 Å². The Morgan fingerprint density at radius 1 is 1.28 bits per heavy atom. The Kier molecular flexibility index (Phi) is 5.21. The Hall–Kier alpha value is -2.57. The number of benzene rings is 1. The smallest absolute Gasteiger partial charge is 0.153 e. The summed E-state index contributed by atoms with van der Waals surface area (Å²) in [5.74, 6) is 0.399. The summed E-state index contributed by atoms with van der Waals surface area (Å²) >= 11 is 0. The number of aliphatic hydroxyl groups is 1. The molecule has 6 heteroatoms. The number of nitrogens with one attached hydrogen (secondary N) is 1. The minimum Gasteiger partial charge on any atom is -0.392 e. The van der Waals surface area contributed by atoms with E-state index in [0.29, 0.717) is 12.1 Å². The van der Waals surface area contributed by atoms with Gasteiger partial charge in [-0.2, -0.15) is 5.10 Å². The molecule has 3 rings (SSSR count). The maximum absolute atomic E-state index is 13.5.